The Bertz CT molecular complexity index is 648. The van der Waals surface area contributed by atoms with Crippen molar-refractivity contribution in [1.82, 2.24) is 25.9 Å². The summed E-state index contributed by atoms with van der Waals surface area (Å²) in [5.74, 6) is 0.0987. The first kappa shape index (κ1) is 26.1. The number of nitrogens with one attached hydrogen (secondary N) is 4. The smallest absolute Gasteiger partial charge is 0.357 e. The number of nitrogens with zero attached hydrogens (tertiary/aromatic N) is 3. The molecule has 160 valence electrons. The molecule has 0 aliphatic carbocycles. The highest BCUT2D eigenvalue weighted by molar-refractivity contribution is 14.0. The summed E-state index contributed by atoms with van der Waals surface area (Å²) in [5, 5.41) is 11.5. The van der Waals surface area contributed by atoms with Crippen molar-refractivity contribution < 1.29 is 18.0 Å². The average Bonchev–Trinajstić information content (AvgIpc) is 2.54. The molecule has 0 aliphatic rings. The number of aromatic nitrogens is 2. The van der Waals surface area contributed by atoms with Crippen LogP contribution in [0.1, 0.15) is 33.4 Å². The molecule has 0 atom stereocenters. The number of amides is 1. The molecule has 12 heteroatoms. The lowest BCUT2D eigenvalue weighted by Gasteiger charge is -2.20. The van der Waals surface area contributed by atoms with Gasteiger partial charge in [0.25, 0.3) is 0 Å². The Hall–Kier alpha value is -1.86. The second-order valence-corrected chi connectivity index (χ2v) is 6.61. The van der Waals surface area contributed by atoms with E-state index in [0.717, 1.165) is 12.3 Å². The van der Waals surface area contributed by atoms with E-state index in [0.29, 0.717) is 19.0 Å². The van der Waals surface area contributed by atoms with Gasteiger partial charge in [-0.25, -0.2) is 15.0 Å². The number of carbonyl (C=O) groups is 1. The minimum absolute atomic E-state index is 0. The number of anilines is 1. The molecule has 0 aliphatic heterocycles. The van der Waals surface area contributed by atoms with Gasteiger partial charge in [-0.15, -0.1) is 24.0 Å². The SMILES string of the molecule is CCNC(=NCC(=O)NC(C)(C)C)NCCNc1nccc(C(F)(F)F)n1.I. The Labute approximate surface area is 179 Å². The first-order valence-electron chi connectivity index (χ1n) is 8.48. The topological polar surface area (TPSA) is 103 Å². The maximum atomic E-state index is 12.6. The monoisotopic (exact) mass is 517 g/mol. The van der Waals surface area contributed by atoms with Crippen molar-refractivity contribution in [1.29, 1.82) is 0 Å². The van der Waals surface area contributed by atoms with Crippen LogP contribution in [0.5, 0.6) is 0 Å². The Kier molecular flexibility index (Phi) is 11.1. The van der Waals surface area contributed by atoms with Crippen molar-refractivity contribution in [3.8, 4) is 0 Å². The Morgan fingerprint density at radius 1 is 1.18 bits per heavy atom. The van der Waals surface area contributed by atoms with Crippen LogP contribution in [-0.2, 0) is 11.0 Å². The van der Waals surface area contributed by atoms with Crippen molar-refractivity contribution in [2.24, 2.45) is 4.99 Å². The molecule has 1 amide bonds. The van der Waals surface area contributed by atoms with Gasteiger partial charge >= 0.3 is 6.18 Å². The number of carbonyl (C=O) groups excluding carboxylic acids is 1. The summed E-state index contributed by atoms with van der Waals surface area (Å²) >= 11 is 0. The molecular formula is C16H27F3IN7O. The molecule has 0 saturated carbocycles. The molecule has 1 aromatic rings. The molecule has 1 aromatic heterocycles. The molecule has 0 bridgehead atoms. The van der Waals surface area contributed by atoms with Gasteiger partial charge in [0.15, 0.2) is 5.96 Å². The summed E-state index contributed by atoms with van der Waals surface area (Å²) in [6, 6.07) is 0.808. The maximum Gasteiger partial charge on any atom is 0.433 e. The van der Waals surface area contributed by atoms with E-state index in [4.69, 9.17) is 0 Å². The predicted molar refractivity (Wildman–Crippen MR) is 113 cm³/mol. The lowest BCUT2D eigenvalue weighted by Crippen LogP contribution is -2.43. The van der Waals surface area contributed by atoms with E-state index in [1.807, 2.05) is 27.7 Å². The van der Waals surface area contributed by atoms with Crippen LogP contribution in [0.3, 0.4) is 0 Å². The zero-order chi connectivity index (χ0) is 20.5. The van der Waals surface area contributed by atoms with E-state index in [-0.39, 0.29) is 54.5 Å². The Morgan fingerprint density at radius 3 is 2.43 bits per heavy atom. The molecule has 0 unspecified atom stereocenters. The second kappa shape index (κ2) is 11.9. The van der Waals surface area contributed by atoms with Gasteiger partial charge in [-0.1, -0.05) is 0 Å². The Morgan fingerprint density at radius 2 is 1.86 bits per heavy atom. The summed E-state index contributed by atoms with van der Waals surface area (Å²) in [6.07, 6.45) is -3.47. The van der Waals surface area contributed by atoms with Crippen molar-refractivity contribution in [2.45, 2.75) is 39.4 Å². The molecule has 8 nitrogen and oxygen atoms in total. The quantitative estimate of drug-likeness (QED) is 0.191. The third kappa shape index (κ3) is 11.1. The van der Waals surface area contributed by atoms with E-state index in [2.05, 4.69) is 36.2 Å². The minimum Gasteiger partial charge on any atom is -0.357 e. The molecule has 0 aromatic carbocycles. The van der Waals surface area contributed by atoms with Gasteiger partial charge < -0.3 is 21.3 Å². The summed E-state index contributed by atoms with van der Waals surface area (Å²) in [5.41, 5.74) is -1.35. The number of alkyl halides is 3. The summed E-state index contributed by atoms with van der Waals surface area (Å²) in [6.45, 7) is 8.65. The fraction of sp³-hybridized carbons (Fsp3) is 0.625. The van der Waals surface area contributed by atoms with Crippen LogP contribution in [0.2, 0.25) is 0 Å². The summed E-state index contributed by atoms with van der Waals surface area (Å²) in [4.78, 5) is 23.1. The molecule has 1 heterocycles. The fourth-order valence-corrected chi connectivity index (χ4v) is 1.91. The van der Waals surface area contributed by atoms with Crippen LogP contribution in [0.25, 0.3) is 0 Å². The fourth-order valence-electron chi connectivity index (χ4n) is 1.91. The molecule has 0 saturated heterocycles. The second-order valence-electron chi connectivity index (χ2n) is 6.61. The number of guanidine groups is 1. The lowest BCUT2D eigenvalue weighted by molar-refractivity contribution is -0.141. The molecular weight excluding hydrogens is 490 g/mol. The van der Waals surface area contributed by atoms with Gasteiger partial charge in [0, 0.05) is 31.4 Å². The number of hydrogen-bond acceptors (Lipinski definition) is 5. The van der Waals surface area contributed by atoms with E-state index in [1.165, 1.54) is 0 Å². The van der Waals surface area contributed by atoms with Crippen molar-refractivity contribution in [2.75, 3.05) is 31.5 Å². The van der Waals surface area contributed by atoms with Crippen LogP contribution in [0.4, 0.5) is 19.1 Å². The van der Waals surface area contributed by atoms with Crippen LogP contribution in [-0.4, -0.2) is 53.6 Å². The first-order valence-corrected chi connectivity index (χ1v) is 8.48. The first-order chi connectivity index (χ1) is 12.5. The van der Waals surface area contributed by atoms with E-state index >= 15 is 0 Å². The maximum absolute atomic E-state index is 12.6. The molecule has 1 rings (SSSR count). The van der Waals surface area contributed by atoms with Crippen LogP contribution in [0.15, 0.2) is 17.3 Å². The van der Waals surface area contributed by atoms with E-state index in [9.17, 15) is 18.0 Å². The summed E-state index contributed by atoms with van der Waals surface area (Å²) in [7, 11) is 0. The Balaban J connectivity index is 0.00000729. The minimum atomic E-state index is -4.52. The number of rotatable bonds is 7. The molecule has 0 radical (unpaired) electrons. The molecule has 0 fully saturated rings. The number of hydrogen-bond donors (Lipinski definition) is 4. The van der Waals surface area contributed by atoms with Gasteiger partial charge in [-0.3, -0.25) is 4.79 Å². The lowest BCUT2D eigenvalue weighted by atomic mass is 10.1. The van der Waals surface area contributed by atoms with Crippen LogP contribution >= 0.6 is 24.0 Å². The molecule has 28 heavy (non-hydrogen) atoms. The summed E-state index contributed by atoms with van der Waals surface area (Å²) < 4.78 is 37.8. The van der Waals surface area contributed by atoms with Gasteiger partial charge in [-0.05, 0) is 33.8 Å². The third-order valence-electron chi connectivity index (χ3n) is 2.89. The zero-order valence-electron chi connectivity index (χ0n) is 16.3. The molecule has 0 spiro atoms. The van der Waals surface area contributed by atoms with Gasteiger partial charge in [-0.2, -0.15) is 13.2 Å². The van der Waals surface area contributed by atoms with Crippen LogP contribution < -0.4 is 21.3 Å². The highest BCUT2D eigenvalue weighted by Gasteiger charge is 2.32. The van der Waals surface area contributed by atoms with Crippen molar-refractivity contribution >= 4 is 41.8 Å². The normalized spacial score (nSPS) is 12.0. The van der Waals surface area contributed by atoms with Gasteiger partial charge in [0.05, 0.1) is 0 Å². The molecule has 4 N–H and O–H groups in total. The van der Waals surface area contributed by atoms with E-state index < -0.39 is 11.9 Å². The average molecular weight is 517 g/mol. The third-order valence-corrected chi connectivity index (χ3v) is 2.89. The highest BCUT2D eigenvalue weighted by atomic mass is 127. The van der Waals surface area contributed by atoms with Crippen LogP contribution in [0, 0.1) is 0 Å². The predicted octanol–water partition coefficient (Wildman–Crippen LogP) is 2.00. The standard InChI is InChI=1S/C16H26F3N7O.HI/c1-5-20-13(24-10-12(27)26-15(2,3)4)22-8-9-23-14-21-7-6-11(25-14)16(17,18)19;/h6-7H,5,8-10H2,1-4H3,(H,26,27)(H2,20,22,24)(H,21,23,25);1H. The zero-order valence-corrected chi connectivity index (χ0v) is 18.6. The van der Waals surface area contributed by atoms with Gasteiger partial charge in [0.2, 0.25) is 11.9 Å². The van der Waals surface area contributed by atoms with Crippen molar-refractivity contribution in [3.63, 3.8) is 0 Å². The number of halogens is 4. The largest absolute Gasteiger partial charge is 0.433 e. The number of aliphatic imine (C=N–C) groups is 1. The van der Waals surface area contributed by atoms with Crippen molar-refractivity contribution in [3.05, 3.63) is 18.0 Å². The highest BCUT2D eigenvalue weighted by Crippen LogP contribution is 2.27. The van der Waals surface area contributed by atoms with E-state index in [1.54, 1.807) is 0 Å². The van der Waals surface area contributed by atoms with Gasteiger partial charge in [0.1, 0.15) is 12.2 Å².